The topological polar surface area (TPSA) is 315 Å². The zero-order chi connectivity index (χ0) is 45.1. The molecule has 2 aliphatic heterocycles. The third kappa shape index (κ3) is 12.4. The monoisotopic (exact) mass is 939 g/mol. The van der Waals surface area contributed by atoms with Crippen molar-refractivity contribution in [3.05, 3.63) is 83.6 Å². The number of hydrogen-bond donors (Lipinski definition) is 6. The molecular formula is C36H47N2O17S5+. The first-order valence-electron chi connectivity index (χ1n) is 18.3. The Morgan fingerprint density at radius 2 is 1.20 bits per heavy atom. The lowest BCUT2D eigenvalue weighted by molar-refractivity contribution is -0.437. The Morgan fingerprint density at radius 3 is 1.77 bits per heavy atom. The number of benzene rings is 2. The molecule has 332 valence electrons. The van der Waals surface area contributed by atoms with E-state index in [2.05, 4.69) is 0 Å². The van der Waals surface area contributed by atoms with Gasteiger partial charge in [0.05, 0.1) is 32.5 Å². The molecule has 60 heavy (non-hydrogen) atoms. The maximum Gasteiger partial charge on any atom is 0.303 e. The maximum absolute atomic E-state index is 12.2. The smallest absolute Gasteiger partial charge is 0.303 e. The summed E-state index contributed by atoms with van der Waals surface area (Å²) in [6, 6.07) is 7.58. The van der Waals surface area contributed by atoms with Crippen molar-refractivity contribution >= 4 is 73.6 Å². The minimum atomic E-state index is -4.72. The normalized spacial score (nSPS) is 20.8. The van der Waals surface area contributed by atoms with Gasteiger partial charge in [0.25, 0.3) is 50.6 Å². The van der Waals surface area contributed by atoms with Crippen molar-refractivity contribution < 1.29 is 79.3 Å². The van der Waals surface area contributed by atoms with Crippen LogP contribution in [-0.2, 0) is 66.2 Å². The van der Waals surface area contributed by atoms with Crippen molar-refractivity contribution in [2.75, 3.05) is 35.2 Å². The first kappa shape index (κ1) is 48.8. The summed E-state index contributed by atoms with van der Waals surface area (Å²) in [4.78, 5) is 12.3. The van der Waals surface area contributed by atoms with Gasteiger partial charge in [0.15, 0.2) is 5.71 Å². The second-order valence-electron chi connectivity index (χ2n) is 14.9. The fourth-order valence-corrected chi connectivity index (χ4v) is 10.3. The van der Waals surface area contributed by atoms with Gasteiger partial charge in [-0.3, -0.25) is 27.6 Å². The summed E-state index contributed by atoms with van der Waals surface area (Å²) >= 11 is 0. The fourth-order valence-electron chi connectivity index (χ4n) is 7.76. The number of carboxylic acid groups (broad SMARTS) is 1. The molecular weight excluding hydrogens is 893 g/mol. The lowest BCUT2D eigenvalue weighted by atomic mass is 9.76. The van der Waals surface area contributed by atoms with Gasteiger partial charge in [-0.15, -0.1) is 0 Å². The predicted molar refractivity (Wildman–Crippen MR) is 220 cm³/mol. The van der Waals surface area contributed by atoms with E-state index in [0.29, 0.717) is 33.9 Å². The summed E-state index contributed by atoms with van der Waals surface area (Å²) in [6.07, 6.45) is 7.68. The highest BCUT2D eigenvalue weighted by atomic mass is 32.2. The molecule has 2 aromatic rings. The van der Waals surface area contributed by atoms with E-state index in [4.69, 9.17) is 0 Å². The van der Waals surface area contributed by atoms with E-state index in [0.717, 1.165) is 12.1 Å². The van der Waals surface area contributed by atoms with Crippen molar-refractivity contribution in [2.24, 2.45) is 0 Å². The van der Waals surface area contributed by atoms with E-state index in [1.807, 2.05) is 0 Å². The van der Waals surface area contributed by atoms with Gasteiger partial charge in [-0.2, -0.15) is 46.7 Å². The Kier molecular flexibility index (Phi) is 14.8. The highest BCUT2D eigenvalue weighted by Crippen LogP contribution is 2.51. The molecule has 2 heterocycles. The SMILES string of the molecule is CC1(CCCS(=O)(=O)O)C(/C=C/C=C/C=C2/N(CCCS(=O)(=O)O)c3ccc(S(=O)(=O)O)cc3C2(C)CCCC(=O)O)=[N+](CCCS(=O)(=O)O)c2ccc(S(=O)(=O)O)cc21. The molecule has 2 atom stereocenters. The predicted octanol–water partition coefficient (Wildman–Crippen LogP) is 3.79. The Bertz CT molecular complexity index is 2710. The Morgan fingerprint density at radius 1 is 0.667 bits per heavy atom. The number of fused-ring (bicyclic) bond motifs is 2. The molecule has 0 aliphatic carbocycles. The highest BCUT2D eigenvalue weighted by Gasteiger charge is 2.48. The molecule has 0 bridgehead atoms. The van der Waals surface area contributed by atoms with Crippen molar-refractivity contribution in [1.29, 1.82) is 0 Å². The summed E-state index contributed by atoms with van der Waals surface area (Å²) in [5.41, 5.74) is 0.163. The molecule has 6 N–H and O–H groups in total. The average molecular weight is 940 g/mol. The molecule has 0 saturated heterocycles. The molecule has 0 fully saturated rings. The van der Waals surface area contributed by atoms with E-state index < -0.39 is 94.4 Å². The van der Waals surface area contributed by atoms with Gasteiger partial charge in [0, 0.05) is 53.9 Å². The number of anilines is 1. The van der Waals surface area contributed by atoms with Gasteiger partial charge in [-0.05, 0) is 87.9 Å². The Balaban J connectivity index is 1.86. The van der Waals surface area contributed by atoms with Crippen LogP contribution in [0.5, 0.6) is 0 Å². The molecule has 2 aromatic carbocycles. The van der Waals surface area contributed by atoms with E-state index in [1.165, 1.54) is 24.3 Å². The summed E-state index contributed by atoms with van der Waals surface area (Å²) in [5.74, 6) is -2.98. The number of allylic oxidation sites excluding steroid dienone is 6. The first-order chi connectivity index (χ1) is 27.5. The quantitative estimate of drug-likeness (QED) is 0.0589. The van der Waals surface area contributed by atoms with Crippen LogP contribution < -0.4 is 4.90 Å². The Labute approximate surface area is 349 Å². The van der Waals surface area contributed by atoms with Crippen LogP contribution in [0.3, 0.4) is 0 Å². The van der Waals surface area contributed by atoms with Crippen molar-refractivity contribution in [1.82, 2.24) is 0 Å². The van der Waals surface area contributed by atoms with E-state index in [1.54, 1.807) is 53.7 Å². The summed E-state index contributed by atoms with van der Waals surface area (Å²) < 4.78 is 168. The number of rotatable bonds is 21. The largest absolute Gasteiger partial charge is 0.481 e. The number of aliphatic carboxylic acids is 1. The van der Waals surface area contributed by atoms with Gasteiger partial charge in [-0.1, -0.05) is 18.2 Å². The minimum absolute atomic E-state index is 0.00418. The standard InChI is InChI=1S/C36H46N2O17S5/c1-35(17-6-12-34(39)40)28-24-26(59(50,51)52)13-15-30(28)37(19-8-22-57(44,45)46)32(35)10-4-3-5-11-33-36(2,18-7-21-56(41,42)43)29-25-27(60(53,54)55)14-16-31(29)38(33)20-9-23-58(47,48)49/h3-5,10-11,13-16,24-25H,6-9,12,17-23H2,1-2H3,(H5-,39,40,41,42,43,44,45,46,47,48,49,50,51,52,53,54,55)/p+1. The first-order valence-corrected chi connectivity index (χ1v) is 26.0. The highest BCUT2D eigenvalue weighted by molar-refractivity contribution is 7.86. The van der Waals surface area contributed by atoms with Crippen LogP contribution in [0.25, 0.3) is 0 Å². The van der Waals surface area contributed by atoms with Crippen LogP contribution in [-0.4, -0.2) is 117 Å². The van der Waals surface area contributed by atoms with Gasteiger partial charge < -0.3 is 10.0 Å². The van der Waals surface area contributed by atoms with Crippen molar-refractivity contribution in [3.63, 3.8) is 0 Å². The number of nitrogens with zero attached hydrogens (tertiary/aromatic N) is 2. The second-order valence-corrected chi connectivity index (χ2v) is 22.4. The van der Waals surface area contributed by atoms with Crippen molar-refractivity contribution in [2.45, 2.75) is 79.4 Å². The summed E-state index contributed by atoms with van der Waals surface area (Å²) in [6.45, 7) is 3.37. The zero-order valence-electron chi connectivity index (χ0n) is 32.4. The molecule has 0 amide bonds. The molecule has 0 spiro atoms. The molecule has 2 aliphatic rings. The third-order valence-electron chi connectivity index (χ3n) is 10.5. The molecule has 4 rings (SSSR count). The molecule has 0 aromatic heterocycles. The minimum Gasteiger partial charge on any atom is -0.481 e. The van der Waals surface area contributed by atoms with Crippen LogP contribution >= 0.6 is 0 Å². The average Bonchev–Trinajstić information content (AvgIpc) is 3.45. The maximum atomic E-state index is 12.2. The molecule has 19 nitrogen and oxygen atoms in total. The van der Waals surface area contributed by atoms with Gasteiger partial charge in [0.1, 0.15) is 6.54 Å². The third-order valence-corrected chi connectivity index (χ3v) is 14.6. The van der Waals surface area contributed by atoms with E-state index >= 15 is 0 Å². The van der Waals surface area contributed by atoms with Gasteiger partial charge >= 0.3 is 5.97 Å². The summed E-state index contributed by atoms with van der Waals surface area (Å²) in [5, 5.41) is 9.39. The van der Waals surface area contributed by atoms with Crippen LogP contribution in [0.2, 0.25) is 0 Å². The van der Waals surface area contributed by atoms with Gasteiger partial charge in [0.2, 0.25) is 5.69 Å². The van der Waals surface area contributed by atoms with Crippen LogP contribution in [0.1, 0.15) is 69.9 Å². The van der Waals surface area contributed by atoms with Crippen LogP contribution in [0.4, 0.5) is 11.4 Å². The van der Waals surface area contributed by atoms with Crippen LogP contribution in [0.15, 0.2) is 82.3 Å². The lowest BCUT2D eigenvalue weighted by Crippen LogP contribution is -2.32. The molecule has 2 unspecified atom stereocenters. The molecule has 0 saturated carbocycles. The summed E-state index contributed by atoms with van der Waals surface area (Å²) in [7, 11) is -22.6. The van der Waals surface area contributed by atoms with E-state index in [-0.39, 0.29) is 58.0 Å². The molecule has 0 radical (unpaired) electrons. The number of hydrogen-bond acceptors (Lipinski definition) is 12. The zero-order valence-corrected chi connectivity index (χ0v) is 36.5. The second kappa shape index (κ2) is 18.2. The lowest BCUT2D eigenvalue weighted by Gasteiger charge is -2.30. The Hall–Kier alpha value is -3.85. The molecule has 24 heteroatoms. The van der Waals surface area contributed by atoms with Gasteiger partial charge in [-0.25, -0.2) is 0 Å². The number of carboxylic acids is 1. The number of carbonyl (C=O) groups is 1. The van der Waals surface area contributed by atoms with E-state index in [9.17, 15) is 74.8 Å². The van der Waals surface area contributed by atoms with Crippen LogP contribution in [0, 0.1) is 0 Å². The van der Waals surface area contributed by atoms with Crippen molar-refractivity contribution in [3.8, 4) is 0 Å². The fraction of sp³-hybridized carbons (Fsp3) is 0.444.